The summed E-state index contributed by atoms with van der Waals surface area (Å²) >= 11 is 0. The van der Waals surface area contributed by atoms with Crippen LogP contribution < -0.4 is 48.9 Å². The van der Waals surface area contributed by atoms with E-state index in [1.165, 1.54) is 46.5 Å². The second-order valence-electron chi connectivity index (χ2n) is 23.3. The molecule has 11 rings (SSSR count). The maximum absolute atomic E-state index is 13.6. The number of aliphatic hydroxyl groups is 2. The number of aromatic nitrogens is 10. The van der Waals surface area contributed by atoms with Crippen LogP contribution in [0.5, 0.6) is 0 Å². The SMILES string of the molecule is C.CC[C@@]12CN(c3nccc(C(F)(F)F)n3)[C@@H]([C@H](n3cc(C)c(=O)[nH]c3=O)O1)[C@@H]2O.CC[C@@]12CN(c3nccc(C(F)(F)F)n3)[C@@H]([C@H](n3cc(C)c(=O)[nH]c3=O)O1)[C@@H]2OP(OCCC#N)N(C(C)C)C(C)C.CC[C@@]12CN[C@@H]([C@H](n3cc(C)c(=O)[nH]c3=O)O1)[C@@H]2O.[Ta].[Ta].[Ta].[Ta].[Ta].[Ta].[Ta].[Ta].[Ta].[Tb].[Tb].[Tb].[Tb].[Tb].[Tb].[Tb].[Tb].[Tb]. The van der Waals surface area contributed by atoms with Crippen molar-refractivity contribution in [2.24, 2.45) is 0 Å². The topological polar surface area (TPSA) is 348 Å². The molecule has 13 atom stereocenters. The van der Waals surface area contributed by atoms with E-state index in [-0.39, 0.29) is 624 Å². The Hall–Kier alpha value is 11.2. The first-order valence-corrected chi connectivity index (χ1v) is 30.1. The Morgan fingerprint density at radius 3 is 1.28 bits per heavy atom. The Morgan fingerprint density at radius 1 is 0.587 bits per heavy atom. The molecule has 0 saturated carbocycles. The maximum Gasteiger partial charge on any atom is 0.433 e. The van der Waals surface area contributed by atoms with Crippen LogP contribution in [-0.4, -0.2) is 155 Å². The summed E-state index contributed by atoms with van der Waals surface area (Å²) in [5.41, 5.74) is -7.67. The second-order valence-corrected chi connectivity index (χ2v) is 24.7. The van der Waals surface area contributed by atoms with Crippen molar-refractivity contribution < 1.29 is 609 Å². The number of rotatable bonds is 16. The average molecular weight is 4370 g/mol. The van der Waals surface area contributed by atoms with Crippen LogP contribution in [-0.2, 0) is 237 Å². The average Bonchev–Trinajstić information content (AvgIpc) is 1.56. The largest absolute Gasteiger partial charge is 0.433 e. The Labute approximate surface area is 1040 Å². The van der Waals surface area contributed by atoms with E-state index in [1.54, 1.807) is 18.7 Å². The molecule has 5 aromatic rings. The molecular formula is C56H74F6N15O13PTa9Tb9. The number of anilines is 2. The van der Waals surface area contributed by atoms with Crippen molar-refractivity contribution in [1.29, 1.82) is 5.26 Å². The molecular weight excluding hydrogens is 4290 g/mol. The molecule has 0 amide bonds. The molecule has 6 N–H and O–H groups in total. The molecule has 1 unspecified atom stereocenters. The summed E-state index contributed by atoms with van der Waals surface area (Å²) in [6.45, 7) is 19.0. The summed E-state index contributed by atoms with van der Waals surface area (Å²) in [6, 6.07) is 1.45. The van der Waals surface area contributed by atoms with Gasteiger partial charge in [-0.15, -0.1) is 0 Å². The summed E-state index contributed by atoms with van der Waals surface area (Å²) in [4.78, 5) is 97.6. The number of aliphatic hydroxyl groups excluding tert-OH is 2. The Bertz CT molecular complexity index is 3960. The van der Waals surface area contributed by atoms with E-state index in [4.69, 9.17) is 28.5 Å². The van der Waals surface area contributed by atoms with Crippen molar-refractivity contribution in [3.63, 3.8) is 0 Å². The van der Waals surface area contributed by atoms with E-state index >= 15 is 0 Å². The minimum atomic E-state index is -4.70. The van der Waals surface area contributed by atoms with E-state index in [0.717, 1.165) is 29.1 Å². The van der Waals surface area contributed by atoms with Gasteiger partial charge in [-0.2, -0.15) is 31.6 Å². The van der Waals surface area contributed by atoms with Gasteiger partial charge in [-0.1, -0.05) is 28.2 Å². The normalized spacial score (nSPS) is 23.6. The summed E-state index contributed by atoms with van der Waals surface area (Å²) in [7, 11) is -1.79. The number of aromatic amines is 3. The zero-order valence-corrected chi connectivity index (χ0v) is 107. The number of nitrogens with one attached hydrogen (secondary N) is 4. The van der Waals surface area contributed by atoms with Crippen LogP contribution in [0.1, 0.15) is 128 Å². The Kier molecular flexibility index (Phi) is 82.1. The van der Waals surface area contributed by atoms with Crippen molar-refractivity contribution in [2.75, 3.05) is 36.0 Å². The zero-order valence-electron chi connectivity index (χ0n) is 57.6. The summed E-state index contributed by atoms with van der Waals surface area (Å²) in [6.07, 6.45) is -6.94. The van der Waals surface area contributed by atoms with Crippen molar-refractivity contribution in [3.05, 3.63) is 134 Å². The second kappa shape index (κ2) is 62.5. The third-order valence-corrected chi connectivity index (χ3v) is 19.2. The number of nitriles is 1. The third-order valence-electron chi connectivity index (χ3n) is 17.1. The van der Waals surface area contributed by atoms with E-state index in [1.807, 2.05) is 46.2 Å². The van der Waals surface area contributed by atoms with Crippen LogP contribution in [0.2, 0.25) is 0 Å². The minimum absolute atomic E-state index is 0. The van der Waals surface area contributed by atoms with Crippen molar-refractivity contribution >= 4 is 20.4 Å². The van der Waals surface area contributed by atoms with Gasteiger partial charge in [0.1, 0.15) is 58.6 Å². The molecule has 18 radical (unpaired) electrons. The molecule has 0 spiro atoms. The van der Waals surface area contributed by atoms with E-state index in [0.29, 0.717) is 31.4 Å². The maximum atomic E-state index is 13.6. The molecule has 624 valence electrons. The third kappa shape index (κ3) is 33.1. The number of alkyl halides is 6. The van der Waals surface area contributed by atoms with E-state index < -0.39 is 132 Å². The fraction of sp³-hybridized carbons (Fsp3) is 0.625. The van der Waals surface area contributed by atoms with Gasteiger partial charge in [0, 0.05) is 615 Å². The smallest absolute Gasteiger partial charge is 0.388 e. The minimum Gasteiger partial charge on any atom is -0.388 e. The number of H-pyrrole nitrogens is 3. The first-order valence-electron chi connectivity index (χ1n) is 29.0. The molecule has 6 saturated heterocycles. The molecule has 28 nitrogen and oxygen atoms in total. The fourth-order valence-electron chi connectivity index (χ4n) is 12.4. The van der Waals surface area contributed by atoms with Gasteiger partial charge in [0.25, 0.3) is 25.2 Å². The summed E-state index contributed by atoms with van der Waals surface area (Å²) < 4.78 is 117. The Morgan fingerprint density at radius 2 is 0.936 bits per heavy atom. The number of halogens is 6. The Balaban J connectivity index is -0.000000142. The van der Waals surface area contributed by atoms with Crippen LogP contribution in [0, 0.1) is 380 Å². The van der Waals surface area contributed by atoms with Crippen LogP contribution in [0.25, 0.3) is 0 Å². The van der Waals surface area contributed by atoms with Gasteiger partial charge in [0.15, 0.2) is 18.7 Å². The predicted octanol–water partition coefficient (Wildman–Crippen LogP) is 3.93. The molecule has 6 aliphatic heterocycles. The van der Waals surface area contributed by atoms with Gasteiger partial charge in [0.2, 0.25) is 11.9 Å². The summed E-state index contributed by atoms with van der Waals surface area (Å²) in [5.74, 6) is -0.415. The molecule has 0 aliphatic carbocycles. The first-order chi connectivity index (χ1) is 42.3. The number of morpholine rings is 3. The fourth-order valence-corrected chi connectivity index (χ4v) is 14.2. The predicted molar refractivity (Wildman–Crippen MR) is 315 cm³/mol. The molecule has 5 aromatic heterocycles. The molecule has 6 aliphatic rings. The first kappa shape index (κ1) is 143. The number of nitrogens with zero attached hydrogens (tertiary/aromatic N) is 11. The number of aryl methyl sites for hydroxylation is 3. The zero-order chi connectivity index (χ0) is 65.9. The molecule has 11 heterocycles. The molecule has 0 aromatic carbocycles. The van der Waals surface area contributed by atoms with Crippen molar-refractivity contribution in [3.8, 4) is 6.07 Å². The number of hydrogen-bond donors (Lipinski definition) is 6. The molecule has 109 heavy (non-hydrogen) atoms. The van der Waals surface area contributed by atoms with Gasteiger partial charge in [-0.25, -0.2) is 39.0 Å². The van der Waals surface area contributed by atoms with Crippen LogP contribution in [0.15, 0.2) is 71.9 Å². The van der Waals surface area contributed by atoms with Crippen LogP contribution in [0.3, 0.4) is 0 Å². The van der Waals surface area contributed by atoms with Gasteiger partial charge < -0.3 is 48.6 Å². The van der Waals surface area contributed by atoms with Crippen LogP contribution >= 0.6 is 8.53 Å². The molecule has 6 fully saturated rings. The monoisotopic (exact) mass is 4370 g/mol. The van der Waals surface area contributed by atoms with Gasteiger partial charge in [-0.3, -0.25) is 43.0 Å². The number of fused-ring (bicyclic) bond motifs is 6. The summed E-state index contributed by atoms with van der Waals surface area (Å²) in [5, 5.41) is 33.4. The standard InChI is InChI=1S/C26H35F3N7O5P.C17H18F3N5O4.C12H17N3O4.CH4.9Ta.9Tb/c1-7-25-14-35(23-31-11-9-18(32-23)26(27,28)29)19(22(40-25)34-13-17(6)21(37)33-24(34)38)20(25)41-42(39-12-8-10-30)36(15(2)3)16(4)5;1-3-16-7-25(14-21-5-4-9(22-14)17(18,19)20)10(11(16)26)13(29-16)24-6-8(2)12(27)23-15(24)28;1-3-12-5-13-7(8(12)16)10(19-12)15-4-6(2)9(17)14-11(15)18;;;;;;;;;;;;;;;;;;;/h9,11,13,15-16,19-20,22H,7-8,12,14H2,1-6H3,(H,33,37,38);4-6,10-11,13,26H,3,7H2,1-2H3,(H,23,27,28);4,7-8,10,13,16H,3,5H2,1-2H3,(H,14,17,18);1H4;;;;;;;;;;;;;;;;;;/t19-,20+,22-,25+,42?;10-,11+,13-,16+;7-,8+,10-,12+;;;;;;;;;;;;;;;;;;;/m111.................../s1. The number of hydrogen-bond acceptors (Lipinski definition) is 22. The van der Waals surface area contributed by atoms with Gasteiger partial charge in [-0.05, 0) is 79.9 Å². The van der Waals surface area contributed by atoms with E-state index in [2.05, 4.69) is 46.3 Å². The van der Waals surface area contributed by atoms with Crippen molar-refractivity contribution in [1.82, 2.24) is 58.6 Å². The van der Waals surface area contributed by atoms with Crippen LogP contribution in [0.4, 0.5) is 38.2 Å². The van der Waals surface area contributed by atoms with Crippen molar-refractivity contribution in [2.45, 2.75) is 199 Å². The molecule has 53 heteroatoms. The van der Waals surface area contributed by atoms with Gasteiger partial charge in [0.05, 0.1) is 38.2 Å². The molecule has 6 bridgehead atoms. The quantitative estimate of drug-likeness (QED) is 0.0463. The van der Waals surface area contributed by atoms with Gasteiger partial charge >= 0.3 is 29.4 Å². The number of ether oxygens (including phenoxy) is 3. The van der Waals surface area contributed by atoms with E-state index in [9.17, 15) is 65.3 Å².